The molecule has 0 bridgehead atoms. The Balaban J connectivity index is 1.51. The van der Waals surface area contributed by atoms with Crippen LogP contribution in [0.4, 0.5) is 0 Å². The van der Waals surface area contributed by atoms with Crippen LogP contribution < -0.4 is 5.32 Å². The van der Waals surface area contributed by atoms with Crippen molar-refractivity contribution in [1.82, 2.24) is 9.88 Å². The number of aromatic nitrogens is 1. The van der Waals surface area contributed by atoms with Gasteiger partial charge < -0.3 is 14.6 Å². The van der Waals surface area contributed by atoms with Gasteiger partial charge in [0.25, 0.3) is 5.91 Å². The Labute approximate surface area is 166 Å². The summed E-state index contributed by atoms with van der Waals surface area (Å²) in [6.45, 7) is 8.15. The summed E-state index contributed by atoms with van der Waals surface area (Å²) >= 11 is 0. The van der Waals surface area contributed by atoms with Gasteiger partial charge in [-0.25, -0.2) is 4.79 Å². The topological polar surface area (TPSA) is 60.3 Å². The van der Waals surface area contributed by atoms with Crippen LogP contribution in [0, 0.1) is 20.8 Å². The molecule has 1 amide bonds. The van der Waals surface area contributed by atoms with E-state index in [1.807, 2.05) is 31.2 Å². The van der Waals surface area contributed by atoms with Crippen molar-refractivity contribution in [3.05, 3.63) is 64.5 Å². The molecule has 0 saturated heterocycles. The first kappa shape index (κ1) is 19.9. The van der Waals surface area contributed by atoms with Crippen LogP contribution in [0.15, 0.2) is 36.4 Å². The summed E-state index contributed by atoms with van der Waals surface area (Å²) in [6, 6.07) is 10.6. The van der Waals surface area contributed by atoms with Crippen molar-refractivity contribution in [3.8, 4) is 0 Å². The molecule has 1 atom stereocenters. The molecule has 0 aliphatic heterocycles. The Morgan fingerprint density at radius 2 is 1.89 bits per heavy atom. The standard InChI is InChI=1S/C23H28N2O3/c1-15-5-7-19(8-6-15)14-24-23(27)18(4)28-22(26)12-9-20-13-16(2)25(17(20)3)21-10-11-21/h5-9,12-13,18,21H,10-11,14H2,1-4H3,(H,24,27)/b12-9+/t18-/m0/s1. The second-order valence-electron chi connectivity index (χ2n) is 7.54. The fourth-order valence-electron chi connectivity index (χ4n) is 3.33. The zero-order valence-corrected chi connectivity index (χ0v) is 17.0. The summed E-state index contributed by atoms with van der Waals surface area (Å²) in [4.78, 5) is 24.3. The summed E-state index contributed by atoms with van der Waals surface area (Å²) < 4.78 is 7.56. The summed E-state index contributed by atoms with van der Waals surface area (Å²) in [6.07, 6.45) is 4.75. The lowest BCUT2D eigenvalue weighted by Crippen LogP contribution is -2.35. The van der Waals surface area contributed by atoms with E-state index >= 15 is 0 Å². The first-order valence-corrected chi connectivity index (χ1v) is 9.75. The molecule has 1 aliphatic rings. The van der Waals surface area contributed by atoms with Crippen LogP contribution in [-0.4, -0.2) is 22.5 Å². The van der Waals surface area contributed by atoms with Crippen molar-refractivity contribution in [3.63, 3.8) is 0 Å². The highest BCUT2D eigenvalue weighted by Crippen LogP contribution is 2.38. The molecule has 0 spiro atoms. The van der Waals surface area contributed by atoms with Gasteiger partial charge in [0, 0.05) is 30.1 Å². The molecule has 1 heterocycles. The van der Waals surface area contributed by atoms with Gasteiger partial charge in [-0.15, -0.1) is 0 Å². The third-order valence-corrected chi connectivity index (χ3v) is 5.08. The van der Waals surface area contributed by atoms with E-state index in [9.17, 15) is 9.59 Å². The lowest BCUT2D eigenvalue weighted by Gasteiger charge is -2.12. The van der Waals surface area contributed by atoms with E-state index in [1.54, 1.807) is 13.0 Å². The van der Waals surface area contributed by atoms with Crippen molar-refractivity contribution in [1.29, 1.82) is 0 Å². The Morgan fingerprint density at radius 1 is 1.21 bits per heavy atom. The van der Waals surface area contributed by atoms with Crippen LogP contribution in [-0.2, 0) is 20.9 Å². The average molecular weight is 380 g/mol. The van der Waals surface area contributed by atoms with Gasteiger partial charge in [-0.3, -0.25) is 4.79 Å². The molecule has 3 rings (SSSR count). The maximum absolute atomic E-state index is 12.2. The molecule has 28 heavy (non-hydrogen) atoms. The predicted octanol–water partition coefficient (Wildman–Crippen LogP) is 4.01. The summed E-state index contributed by atoms with van der Waals surface area (Å²) in [5, 5.41) is 2.79. The maximum atomic E-state index is 12.2. The molecule has 1 N–H and O–H groups in total. The minimum atomic E-state index is -0.846. The largest absolute Gasteiger partial charge is 0.449 e. The lowest BCUT2D eigenvalue weighted by atomic mass is 10.1. The molecule has 1 fully saturated rings. The van der Waals surface area contributed by atoms with E-state index in [-0.39, 0.29) is 5.91 Å². The first-order chi connectivity index (χ1) is 13.3. The average Bonchev–Trinajstić information content (AvgIpc) is 3.44. The number of esters is 1. The predicted molar refractivity (Wildman–Crippen MR) is 110 cm³/mol. The number of hydrogen-bond acceptors (Lipinski definition) is 3. The van der Waals surface area contributed by atoms with E-state index in [0.717, 1.165) is 16.8 Å². The van der Waals surface area contributed by atoms with Crippen LogP contribution in [0.2, 0.25) is 0 Å². The van der Waals surface area contributed by atoms with Crippen molar-refractivity contribution < 1.29 is 14.3 Å². The Kier molecular flexibility index (Phi) is 6.02. The number of benzene rings is 1. The molecule has 1 saturated carbocycles. The molecule has 0 radical (unpaired) electrons. The molecule has 2 aromatic rings. The molecule has 5 heteroatoms. The van der Waals surface area contributed by atoms with Crippen LogP contribution in [0.25, 0.3) is 6.08 Å². The van der Waals surface area contributed by atoms with Crippen molar-refractivity contribution in [2.75, 3.05) is 0 Å². The molecular formula is C23H28N2O3. The smallest absolute Gasteiger partial charge is 0.331 e. The van der Waals surface area contributed by atoms with E-state index in [1.165, 1.54) is 30.2 Å². The molecule has 5 nitrogen and oxygen atoms in total. The molecule has 1 aromatic heterocycles. The van der Waals surface area contributed by atoms with Gasteiger partial charge in [-0.05, 0) is 63.8 Å². The molecule has 1 aliphatic carbocycles. The van der Waals surface area contributed by atoms with E-state index in [4.69, 9.17) is 4.74 Å². The van der Waals surface area contributed by atoms with E-state index in [0.29, 0.717) is 12.6 Å². The number of aryl methyl sites for hydroxylation is 2. The van der Waals surface area contributed by atoms with Crippen LogP contribution in [0.5, 0.6) is 0 Å². The quantitative estimate of drug-likeness (QED) is 0.583. The van der Waals surface area contributed by atoms with Crippen LogP contribution >= 0.6 is 0 Å². The third-order valence-electron chi connectivity index (χ3n) is 5.08. The van der Waals surface area contributed by atoms with Crippen LogP contribution in [0.3, 0.4) is 0 Å². The van der Waals surface area contributed by atoms with Gasteiger partial charge in [-0.1, -0.05) is 29.8 Å². The first-order valence-electron chi connectivity index (χ1n) is 9.75. The molecular weight excluding hydrogens is 352 g/mol. The van der Waals surface area contributed by atoms with E-state index in [2.05, 4.69) is 29.8 Å². The van der Waals surface area contributed by atoms with Gasteiger partial charge in [0.1, 0.15) is 0 Å². The van der Waals surface area contributed by atoms with Gasteiger partial charge in [0.2, 0.25) is 0 Å². The Morgan fingerprint density at radius 3 is 2.54 bits per heavy atom. The van der Waals surface area contributed by atoms with E-state index < -0.39 is 12.1 Å². The highest BCUT2D eigenvalue weighted by molar-refractivity contribution is 5.90. The van der Waals surface area contributed by atoms with Gasteiger partial charge >= 0.3 is 5.97 Å². The summed E-state index contributed by atoms with van der Waals surface area (Å²) in [5.41, 5.74) is 5.55. The molecule has 148 valence electrons. The number of amides is 1. The summed E-state index contributed by atoms with van der Waals surface area (Å²) in [5.74, 6) is -0.830. The van der Waals surface area contributed by atoms with Crippen molar-refractivity contribution in [2.45, 2.75) is 59.2 Å². The molecule has 1 aromatic carbocycles. The van der Waals surface area contributed by atoms with Crippen molar-refractivity contribution in [2.24, 2.45) is 0 Å². The number of hydrogen-bond donors (Lipinski definition) is 1. The Hall–Kier alpha value is -2.82. The Bertz CT molecular complexity index is 889. The number of carbonyl (C=O) groups excluding carboxylic acids is 2. The number of nitrogens with one attached hydrogen (secondary N) is 1. The van der Waals surface area contributed by atoms with Gasteiger partial charge in [0.05, 0.1) is 0 Å². The number of carbonyl (C=O) groups is 2. The third kappa shape index (κ3) is 4.91. The fourth-order valence-corrected chi connectivity index (χ4v) is 3.33. The SMILES string of the molecule is Cc1ccc(CNC(=O)[C@H](C)OC(=O)/C=C/c2cc(C)n(C3CC3)c2C)cc1. The minimum Gasteiger partial charge on any atom is -0.449 e. The highest BCUT2D eigenvalue weighted by Gasteiger charge is 2.26. The van der Waals surface area contributed by atoms with Crippen molar-refractivity contribution >= 4 is 18.0 Å². The fraction of sp³-hybridized carbons (Fsp3) is 0.391. The number of ether oxygens (including phenoxy) is 1. The zero-order chi connectivity index (χ0) is 20.3. The monoisotopic (exact) mass is 380 g/mol. The second-order valence-corrected chi connectivity index (χ2v) is 7.54. The zero-order valence-electron chi connectivity index (χ0n) is 17.0. The molecule has 0 unspecified atom stereocenters. The maximum Gasteiger partial charge on any atom is 0.331 e. The summed E-state index contributed by atoms with van der Waals surface area (Å²) in [7, 11) is 0. The minimum absolute atomic E-state index is 0.311. The number of rotatable bonds is 7. The second kappa shape index (κ2) is 8.46. The normalized spacial score (nSPS) is 14.9. The van der Waals surface area contributed by atoms with Crippen LogP contribution in [0.1, 0.15) is 53.9 Å². The lowest BCUT2D eigenvalue weighted by molar-refractivity contribution is -0.150. The number of nitrogens with zero attached hydrogens (tertiary/aromatic N) is 1. The van der Waals surface area contributed by atoms with Gasteiger partial charge in [0.15, 0.2) is 6.10 Å². The highest BCUT2D eigenvalue weighted by atomic mass is 16.5. The van der Waals surface area contributed by atoms with Gasteiger partial charge in [-0.2, -0.15) is 0 Å².